The van der Waals surface area contributed by atoms with Gasteiger partial charge in [-0.3, -0.25) is 4.84 Å². The van der Waals surface area contributed by atoms with Gasteiger partial charge in [0.2, 0.25) is 0 Å². The van der Waals surface area contributed by atoms with Gasteiger partial charge in [-0.15, -0.1) is 0 Å². The van der Waals surface area contributed by atoms with Crippen LogP contribution in [0.2, 0.25) is 0 Å². The topological polar surface area (TPSA) is 105 Å². The fourth-order valence-electron chi connectivity index (χ4n) is 2.72. The number of carbonyl (C=O) groups excluding carboxylic acids is 1. The van der Waals surface area contributed by atoms with E-state index in [1.807, 2.05) is 0 Å². The normalized spacial score (nSPS) is 12.1. The molecule has 0 saturated heterocycles. The minimum Gasteiger partial charge on any atom is -0.486 e. The summed E-state index contributed by atoms with van der Waals surface area (Å²) in [4.78, 5) is 21.4. The van der Waals surface area contributed by atoms with Crippen LogP contribution >= 0.6 is 0 Å². The summed E-state index contributed by atoms with van der Waals surface area (Å²) in [6.07, 6.45) is -5.42. The number of carbonyl (C=O) groups is 1. The number of ether oxygens (including phenoxy) is 2. The third-order valence-corrected chi connectivity index (χ3v) is 4.55. The molecule has 11 heteroatoms. The molecule has 0 unspecified atom stereocenters. The molecule has 3 rings (SSSR count). The average molecular weight is 501 g/mol. The van der Waals surface area contributed by atoms with Crippen LogP contribution in [0.25, 0.3) is 0 Å². The number of benzene rings is 3. The van der Waals surface area contributed by atoms with Crippen LogP contribution in [0.4, 0.5) is 18.0 Å². The third-order valence-electron chi connectivity index (χ3n) is 4.55. The van der Waals surface area contributed by atoms with E-state index in [2.05, 4.69) is 15.1 Å². The zero-order valence-electron chi connectivity index (χ0n) is 19.1. The van der Waals surface area contributed by atoms with Gasteiger partial charge in [-0.05, 0) is 66.6 Å². The van der Waals surface area contributed by atoms with Crippen LogP contribution in [0.5, 0.6) is 11.5 Å². The fraction of sp³-hybridized carbons (Fsp3) is 0.160. The molecule has 188 valence electrons. The molecule has 2 N–H and O–H groups in total. The molecule has 0 fully saturated rings. The van der Waals surface area contributed by atoms with Gasteiger partial charge in [0.1, 0.15) is 24.7 Å². The number of halogens is 3. The number of nitrogens with two attached hydrogens (primary N) is 1. The molecule has 0 aromatic heterocycles. The van der Waals surface area contributed by atoms with E-state index < -0.39 is 17.9 Å². The first-order chi connectivity index (χ1) is 17.2. The summed E-state index contributed by atoms with van der Waals surface area (Å²) in [5.41, 5.74) is 6.80. The van der Waals surface area contributed by atoms with Crippen LogP contribution in [0, 0.1) is 0 Å². The molecule has 0 radical (unpaired) electrons. The van der Waals surface area contributed by atoms with Gasteiger partial charge in [-0.1, -0.05) is 40.6 Å². The Morgan fingerprint density at radius 2 is 1.56 bits per heavy atom. The molecule has 0 bridgehead atoms. The number of para-hydroxylation sites is 1. The zero-order valence-corrected chi connectivity index (χ0v) is 19.1. The summed E-state index contributed by atoms with van der Waals surface area (Å²) in [6, 6.07) is 19.8. The number of hydrogen-bond acceptors (Lipinski definition) is 7. The Kier molecular flexibility index (Phi) is 8.87. The molecule has 0 aliphatic rings. The lowest BCUT2D eigenvalue weighted by Crippen LogP contribution is -2.22. The lowest BCUT2D eigenvalue weighted by atomic mass is 10.1. The maximum Gasteiger partial charge on any atom is 0.540 e. The Bertz CT molecular complexity index is 1200. The molecule has 36 heavy (non-hydrogen) atoms. The molecule has 3 aromatic rings. The van der Waals surface area contributed by atoms with E-state index in [1.54, 1.807) is 61.5 Å². The second-order valence-corrected chi connectivity index (χ2v) is 7.30. The van der Waals surface area contributed by atoms with Crippen molar-refractivity contribution in [2.24, 2.45) is 16.0 Å². The molecule has 0 amide bonds. The standard InChI is InChI=1S/C25H22F3N3O5/c1-17(30-34-15-18-7-11-20(12-8-18)25(26,27)28)19-9-13-21(14-10-19)33-16-23(29)31-36-24(32)35-22-5-3-2-4-6-22/h2-14H,15-16H2,1H3,(H2,29,31)/b30-17+. The summed E-state index contributed by atoms with van der Waals surface area (Å²) in [7, 11) is 0. The van der Waals surface area contributed by atoms with E-state index in [0.29, 0.717) is 22.8 Å². The van der Waals surface area contributed by atoms with Crippen LogP contribution in [0.15, 0.2) is 89.2 Å². The molecular weight excluding hydrogens is 479 g/mol. The van der Waals surface area contributed by atoms with Gasteiger partial charge >= 0.3 is 12.3 Å². The quantitative estimate of drug-likeness (QED) is 0.104. The highest BCUT2D eigenvalue weighted by molar-refractivity contribution is 5.98. The summed E-state index contributed by atoms with van der Waals surface area (Å²) in [5.74, 6) is 0.692. The number of amidine groups is 1. The molecule has 8 nitrogen and oxygen atoms in total. The highest BCUT2D eigenvalue weighted by Gasteiger charge is 2.29. The summed E-state index contributed by atoms with van der Waals surface area (Å²) in [6.45, 7) is 1.61. The maximum absolute atomic E-state index is 12.6. The Morgan fingerprint density at radius 1 is 0.889 bits per heavy atom. The van der Waals surface area contributed by atoms with Gasteiger partial charge in [-0.2, -0.15) is 13.2 Å². The van der Waals surface area contributed by atoms with Crippen molar-refractivity contribution in [1.82, 2.24) is 0 Å². The first kappa shape index (κ1) is 26.1. The van der Waals surface area contributed by atoms with Crippen LogP contribution in [0.1, 0.15) is 23.6 Å². The van der Waals surface area contributed by atoms with Crippen LogP contribution in [-0.4, -0.2) is 24.3 Å². The van der Waals surface area contributed by atoms with Gasteiger partial charge in [0.05, 0.1) is 11.3 Å². The Hall–Kier alpha value is -4.54. The van der Waals surface area contributed by atoms with Crippen molar-refractivity contribution in [3.8, 4) is 11.5 Å². The Balaban J connectivity index is 1.43. The molecule has 0 atom stereocenters. The zero-order chi connectivity index (χ0) is 26.0. The predicted octanol–water partition coefficient (Wildman–Crippen LogP) is 5.51. The first-order valence-electron chi connectivity index (χ1n) is 10.5. The summed E-state index contributed by atoms with van der Waals surface area (Å²) in [5, 5.41) is 7.45. The predicted molar refractivity (Wildman–Crippen MR) is 126 cm³/mol. The lowest BCUT2D eigenvalue weighted by Gasteiger charge is -2.08. The second kappa shape index (κ2) is 12.2. The number of oxime groups is 2. The van der Waals surface area contributed by atoms with E-state index in [0.717, 1.165) is 17.7 Å². The lowest BCUT2D eigenvalue weighted by molar-refractivity contribution is -0.137. The second-order valence-electron chi connectivity index (χ2n) is 7.30. The van der Waals surface area contributed by atoms with Crippen molar-refractivity contribution < 1.29 is 37.1 Å². The average Bonchev–Trinajstić information content (AvgIpc) is 2.87. The van der Waals surface area contributed by atoms with Crippen molar-refractivity contribution in [1.29, 1.82) is 0 Å². The van der Waals surface area contributed by atoms with Gasteiger partial charge in [0.25, 0.3) is 0 Å². The Morgan fingerprint density at radius 3 is 2.19 bits per heavy atom. The largest absolute Gasteiger partial charge is 0.540 e. The Labute approximate surface area is 204 Å². The smallest absolute Gasteiger partial charge is 0.486 e. The van der Waals surface area contributed by atoms with E-state index in [9.17, 15) is 18.0 Å². The van der Waals surface area contributed by atoms with Crippen LogP contribution in [-0.2, 0) is 22.5 Å². The molecule has 0 saturated carbocycles. The molecule has 3 aromatic carbocycles. The number of hydrogen-bond donors (Lipinski definition) is 1. The van der Waals surface area contributed by atoms with E-state index in [1.165, 1.54) is 12.1 Å². The molecule has 0 heterocycles. The monoisotopic (exact) mass is 501 g/mol. The minimum atomic E-state index is -4.38. The van der Waals surface area contributed by atoms with Gasteiger partial charge in [0.15, 0.2) is 5.84 Å². The highest BCUT2D eigenvalue weighted by Crippen LogP contribution is 2.29. The fourth-order valence-corrected chi connectivity index (χ4v) is 2.72. The van der Waals surface area contributed by atoms with Crippen molar-refractivity contribution >= 4 is 17.7 Å². The third kappa shape index (κ3) is 8.35. The summed E-state index contributed by atoms with van der Waals surface area (Å²) < 4.78 is 48.2. The number of nitrogens with zero attached hydrogens (tertiary/aromatic N) is 2. The van der Waals surface area contributed by atoms with Gasteiger partial charge in [-0.25, -0.2) is 4.79 Å². The first-order valence-corrected chi connectivity index (χ1v) is 10.5. The maximum atomic E-state index is 12.6. The van der Waals surface area contributed by atoms with Gasteiger partial charge < -0.3 is 20.0 Å². The van der Waals surface area contributed by atoms with Crippen LogP contribution in [0.3, 0.4) is 0 Å². The van der Waals surface area contributed by atoms with E-state index in [4.69, 9.17) is 20.0 Å². The highest BCUT2D eigenvalue weighted by atomic mass is 19.4. The number of alkyl halides is 3. The van der Waals surface area contributed by atoms with Gasteiger partial charge in [0, 0.05) is 0 Å². The van der Waals surface area contributed by atoms with Crippen molar-refractivity contribution in [2.45, 2.75) is 19.7 Å². The van der Waals surface area contributed by atoms with Crippen molar-refractivity contribution in [3.63, 3.8) is 0 Å². The minimum absolute atomic E-state index is 0.0241. The number of rotatable bonds is 9. The molecule has 0 aliphatic carbocycles. The van der Waals surface area contributed by atoms with Crippen LogP contribution < -0.4 is 15.2 Å². The van der Waals surface area contributed by atoms with E-state index >= 15 is 0 Å². The van der Waals surface area contributed by atoms with Crippen molar-refractivity contribution in [3.05, 3.63) is 95.6 Å². The molecule has 0 aliphatic heterocycles. The SMILES string of the molecule is C/C(=N\OCc1ccc(C(F)(F)F)cc1)c1ccc(OCC(N)=NOC(=O)Oc2ccccc2)cc1. The summed E-state index contributed by atoms with van der Waals surface area (Å²) >= 11 is 0. The van der Waals surface area contributed by atoms with Crippen molar-refractivity contribution in [2.75, 3.05) is 6.61 Å². The molecule has 0 spiro atoms. The molecular formula is C25H22F3N3O5. The van der Waals surface area contributed by atoms with E-state index in [-0.39, 0.29) is 19.0 Å².